The lowest BCUT2D eigenvalue weighted by Crippen LogP contribution is -2.22. The number of aromatic nitrogens is 1. The molecule has 3 aromatic rings. The SMILES string of the molecule is CCNC(Cc1nc2ccccc2o1)c1ccc(C)o1. The van der Waals surface area contributed by atoms with Crippen molar-refractivity contribution in [1.82, 2.24) is 10.3 Å². The van der Waals surface area contributed by atoms with Crippen LogP contribution >= 0.6 is 0 Å². The highest BCUT2D eigenvalue weighted by Gasteiger charge is 2.18. The van der Waals surface area contributed by atoms with Gasteiger partial charge in [-0.05, 0) is 37.7 Å². The Balaban J connectivity index is 1.85. The molecule has 3 rings (SSSR count). The van der Waals surface area contributed by atoms with E-state index >= 15 is 0 Å². The van der Waals surface area contributed by atoms with Gasteiger partial charge in [0.1, 0.15) is 17.0 Å². The van der Waals surface area contributed by atoms with Gasteiger partial charge in [0.2, 0.25) is 0 Å². The van der Waals surface area contributed by atoms with Gasteiger partial charge < -0.3 is 14.2 Å². The molecule has 1 aromatic carbocycles. The molecule has 0 bridgehead atoms. The summed E-state index contributed by atoms with van der Waals surface area (Å²) in [5.41, 5.74) is 1.72. The number of likely N-dealkylation sites (N-methyl/N-ethyl adjacent to an activating group) is 1. The third-order valence-corrected chi connectivity index (χ3v) is 3.27. The number of nitrogens with zero attached hydrogens (tertiary/aromatic N) is 1. The second-order valence-electron chi connectivity index (χ2n) is 4.84. The first-order chi connectivity index (χ1) is 9.76. The number of oxazole rings is 1. The highest BCUT2D eigenvalue weighted by Crippen LogP contribution is 2.23. The maximum Gasteiger partial charge on any atom is 0.197 e. The van der Waals surface area contributed by atoms with Crippen LogP contribution in [0.15, 0.2) is 45.2 Å². The molecule has 0 aliphatic carbocycles. The summed E-state index contributed by atoms with van der Waals surface area (Å²) in [5.74, 6) is 2.57. The van der Waals surface area contributed by atoms with Crippen LogP contribution in [0.5, 0.6) is 0 Å². The lowest BCUT2D eigenvalue weighted by molar-refractivity contribution is 0.380. The maximum absolute atomic E-state index is 5.78. The summed E-state index contributed by atoms with van der Waals surface area (Å²) in [6, 6.07) is 11.9. The van der Waals surface area contributed by atoms with E-state index in [1.807, 2.05) is 43.3 Å². The average molecular weight is 270 g/mol. The molecule has 20 heavy (non-hydrogen) atoms. The van der Waals surface area contributed by atoms with Crippen molar-refractivity contribution in [2.45, 2.75) is 26.3 Å². The molecule has 0 amide bonds. The minimum Gasteiger partial charge on any atom is -0.465 e. The van der Waals surface area contributed by atoms with Gasteiger partial charge in [-0.15, -0.1) is 0 Å². The topological polar surface area (TPSA) is 51.2 Å². The van der Waals surface area contributed by atoms with Gasteiger partial charge in [0, 0.05) is 6.42 Å². The second-order valence-corrected chi connectivity index (χ2v) is 4.84. The van der Waals surface area contributed by atoms with Gasteiger partial charge in [-0.2, -0.15) is 0 Å². The molecule has 0 aliphatic heterocycles. The van der Waals surface area contributed by atoms with Crippen LogP contribution < -0.4 is 5.32 Å². The van der Waals surface area contributed by atoms with E-state index in [0.29, 0.717) is 6.42 Å². The minimum atomic E-state index is 0.0850. The average Bonchev–Trinajstić information content (AvgIpc) is 3.03. The molecule has 0 saturated heterocycles. The molecule has 1 atom stereocenters. The summed E-state index contributed by atoms with van der Waals surface area (Å²) in [7, 11) is 0. The predicted octanol–water partition coefficient (Wildman–Crippen LogP) is 3.62. The van der Waals surface area contributed by atoms with Crippen LogP contribution in [0.1, 0.15) is 30.4 Å². The Hall–Kier alpha value is -2.07. The van der Waals surface area contributed by atoms with Crippen molar-refractivity contribution in [2.24, 2.45) is 0 Å². The molecule has 4 nitrogen and oxygen atoms in total. The van der Waals surface area contributed by atoms with Crippen LogP contribution in [0.2, 0.25) is 0 Å². The summed E-state index contributed by atoms with van der Waals surface area (Å²) >= 11 is 0. The monoisotopic (exact) mass is 270 g/mol. The first-order valence-electron chi connectivity index (χ1n) is 6.90. The number of benzene rings is 1. The third-order valence-electron chi connectivity index (χ3n) is 3.27. The Kier molecular flexibility index (Phi) is 3.56. The molecule has 2 aromatic heterocycles. The van der Waals surface area contributed by atoms with Crippen molar-refractivity contribution in [1.29, 1.82) is 0 Å². The van der Waals surface area contributed by atoms with Crippen molar-refractivity contribution in [2.75, 3.05) is 6.54 Å². The first-order valence-corrected chi connectivity index (χ1v) is 6.90. The van der Waals surface area contributed by atoms with Crippen LogP contribution in [-0.2, 0) is 6.42 Å². The molecular weight excluding hydrogens is 252 g/mol. The molecule has 2 heterocycles. The minimum absolute atomic E-state index is 0.0850. The summed E-state index contributed by atoms with van der Waals surface area (Å²) in [6.07, 6.45) is 0.676. The van der Waals surface area contributed by atoms with Crippen molar-refractivity contribution in [3.8, 4) is 0 Å². The van der Waals surface area contributed by atoms with E-state index in [0.717, 1.165) is 35.1 Å². The Morgan fingerprint density at radius 1 is 1.15 bits per heavy atom. The highest BCUT2D eigenvalue weighted by molar-refractivity contribution is 5.72. The largest absolute Gasteiger partial charge is 0.465 e. The Bertz CT molecular complexity index is 666. The quantitative estimate of drug-likeness (QED) is 0.769. The fraction of sp³-hybridized carbons (Fsp3) is 0.312. The van der Waals surface area contributed by atoms with E-state index in [1.165, 1.54) is 0 Å². The van der Waals surface area contributed by atoms with Gasteiger partial charge in [-0.3, -0.25) is 0 Å². The molecule has 1 unspecified atom stereocenters. The van der Waals surface area contributed by atoms with Gasteiger partial charge in [0.25, 0.3) is 0 Å². The van der Waals surface area contributed by atoms with E-state index in [2.05, 4.69) is 17.2 Å². The van der Waals surface area contributed by atoms with Crippen LogP contribution in [0.25, 0.3) is 11.1 Å². The molecule has 4 heteroatoms. The van der Waals surface area contributed by atoms with Gasteiger partial charge in [0.05, 0.1) is 6.04 Å². The zero-order valence-corrected chi connectivity index (χ0v) is 11.7. The zero-order chi connectivity index (χ0) is 13.9. The molecule has 0 aliphatic rings. The molecular formula is C16H18N2O2. The number of para-hydroxylation sites is 2. The van der Waals surface area contributed by atoms with Crippen LogP contribution in [0.4, 0.5) is 0 Å². The third kappa shape index (κ3) is 2.60. The summed E-state index contributed by atoms with van der Waals surface area (Å²) in [6.45, 7) is 4.89. The lowest BCUT2D eigenvalue weighted by Gasteiger charge is -2.13. The van der Waals surface area contributed by atoms with Crippen LogP contribution in [0, 0.1) is 6.92 Å². The van der Waals surface area contributed by atoms with Gasteiger partial charge in [-0.25, -0.2) is 4.98 Å². The summed E-state index contributed by atoms with van der Waals surface area (Å²) in [4.78, 5) is 4.52. The molecule has 0 fully saturated rings. The molecule has 0 spiro atoms. The number of furan rings is 1. The van der Waals surface area contributed by atoms with Gasteiger partial charge in [-0.1, -0.05) is 19.1 Å². The molecule has 1 N–H and O–H groups in total. The number of hydrogen-bond acceptors (Lipinski definition) is 4. The van der Waals surface area contributed by atoms with E-state index in [4.69, 9.17) is 8.83 Å². The molecule has 0 radical (unpaired) electrons. The van der Waals surface area contributed by atoms with Crippen LogP contribution in [0.3, 0.4) is 0 Å². The lowest BCUT2D eigenvalue weighted by atomic mass is 10.1. The van der Waals surface area contributed by atoms with E-state index < -0.39 is 0 Å². The zero-order valence-electron chi connectivity index (χ0n) is 11.7. The number of nitrogens with one attached hydrogen (secondary N) is 1. The number of hydrogen-bond donors (Lipinski definition) is 1. The van der Waals surface area contributed by atoms with E-state index in [-0.39, 0.29) is 6.04 Å². The fourth-order valence-corrected chi connectivity index (χ4v) is 2.34. The fourth-order valence-electron chi connectivity index (χ4n) is 2.34. The summed E-state index contributed by atoms with van der Waals surface area (Å²) < 4.78 is 11.5. The number of fused-ring (bicyclic) bond motifs is 1. The maximum atomic E-state index is 5.78. The Morgan fingerprint density at radius 2 is 2.00 bits per heavy atom. The van der Waals surface area contributed by atoms with Crippen molar-refractivity contribution in [3.05, 3.63) is 53.8 Å². The standard InChI is InChI=1S/C16H18N2O2/c1-3-17-13(15-9-8-11(2)19-15)10-16-18-12-6-4-5-7-14(12)20-16/h4-9,13,17H,3,10H2,1-2H3. The van der Waals surface area contributed by atoms with Gasteiger partial charge >= 0.3 is 0 Å². The molecule has 0 saturated carbocycles. The Morgan fingerprint density at radius 3 is 2.70 bits per heavy atom. The normalized spacial score (nSPS) is 12.9. The van der Waals surface area contributed by atoms with E-state index in [1.54, 1.807) is 0 Å². The summed E-state index contributed by atoms with van der Waals surface area (Å²) in [5, 5.41) is 3.41. The second kappa shape index (κ2) is 5.51. The highest BCUT2D eigenvalue weighted by atomic mass is 16.4. The van der Waals surface area contributed by atoms with Crippen molar-refractivity contribution < 1.29 is 8.83 Å². The molecule has 104 valence electrons. The number of aryl methyl sites for hydroxylation is 1. The van der Waals surface area contributed by atoms with Crippen molar-refractivity contribution in [3.63, 3.8) is 0 Å². The van der Waals surface area contributed by atoms with Crippen molar-refractivity contribution >= 4 is 11.1 Å². The Labute approximate surface area is 117 Å². The number of rotatable bonds is 5. The smallest absolute Gasteiger partial charge is 0.197 e. The van der Waals surface area contributed by atoms with Crippen LogP contribution in [-0.4, -0.2) is 11.5 Å². The first kappa shape index (κ1) is 12.9. The predicted molar refractivity (Wildman–Crippen MR) is 77.6 cm³/mol. The van der Waals surface area contributed by atoms with E-state index in [9.17, 15) is 0 Å². The van der Waals surface area contributed by atoms with Gasteiger partial charge in [0.15, 0.2) is 11.5 Å².